The molecule has 32 heavy (non-hydrogen) atoms. The molecule has 0 radical (unpaired) electrons. The molecule has 172 valence electrons. The number of ether oxygens (including phenoxy) is 2. The van der Waals surface area contributed by atoms with Crippen molar-refractivity contribution in [1.82, 2.24) is 14.9 Å². The third kappa shape index (κ3) is 7.44. The lowest BCUT2D eigenvalue weighted by Gasteiger charge is -2.14. The second-order valence-electron chi connectivity index (χ2n) is 6.89. The summed E-state index contributed by atoms with van der Waals surface area (Å²) in [6.45, 7) is 6.66. The summed E-state index contributed by atoms with van der Waals surface area (Å²) in [5.74, 6) is 3.02. The van der Waals surface area contributed by atoms with Crippen molar-refractivity contribution in [3.63, 3.8) is 0 Å². The maximum absolute atomic E-state index is 5.67. The Morgan fingerprint density at radius 1 is 1.09 bits per heavy atom. The molecule has 0 unspecified atom stereocenters. The highest BCUT2D eigenvalue weighted by molar-refractivity contribution is 14.0. The van der Waals surface area contributed by atoms with Crippen LogP contribution >= 0.6 is 24.0 Å². The summed E-state index contributed by atoms with van der Waals surface area (Å²) in [7, 11) is 1.64. The van der Waals surface area contributed by atoms with Gasteiger partial charge in [0, 0.05) is 37.2 Å². The lowest BCUT2D eigenvalue weighted by molar-refractivity contribution is 0.311. The molecule has 0 atom stereocenters. The minimum atomic E-state index is 0. The monoisotopic (exact) mass is 549 g/mol. The molecular weight excluding hydrogens is 517 g/mol. The Kier molecular flexibility index (Phi) is 10.9. The zero-order valence-corrected chi connectivity index (χ0v) is 21.2. The van der Waals surface area contributed by atoms with Gasteiger partial charge in [-0.05, 0) is 38.0 Å². The number of anilines is 1. The van der Waals surface area contributed by atoms with E-state index in [0.29, 0.717) is 30.6 Å². The summed E-state index contributed by atoms with van der Waals surface area (Å²) in [6, 6.07) is 16.2. The van der Waals surface area contributed by atoms with Gasteiger partial charge in [0.05, 0.1) is 13.7 Å². The van der Waals surface area contributed by atoms with E-state index in [1.807, 2.05) is 50.5 Å². The van der Waals surface area contributed by atoms with Gasteiger partial charge in [-0.3, -0.25) is 0 Å². The number of aryl methyl sites for hydroxylation is 2. The number of nitrogens with one attached hydrogen (secondary N) is 2. The summed E-state index contributed by atoms with van der Waals surface area (Å²) in [6.07, 6.45) is 4.79. The molecule has 1 aromatic heterocycles. The smallest absolute Gasteiger partial charge is 0.196 e. The summed E-state index contributed by atoms with van der Waals surface area (Å²) >= 11 is 0. The average molecular weight is 549 g/mol. The lowest BCUT2D eigenvalue weighted by atomic mass is 10.1. The Balaban J connectivity index is 0.00000363. The van der Waals surface area contributed by atoms with Crippen LogP contribution in [0.15, 0.2) is 65.9 Å². The molecule has 7 nitrogen and oxygen atoms in total. The van der Waals surface area contributed by atoms with Crippen LogP contribution in [-0.4, -0.2) is 35.8 Å². The molecule has 3 rings (SSSR count). The van der Waals surface area contributed by atoms with Crippen molar-refractivity contribution in [2.24, 2.45) is 4.99 Å². The highest BCUT2D eigenvalue weighted by Gasteiger charge is 2.08. The van der Waals surface area contributed by atoms with E-state index in [4.69, 9.17) is 14.5 Å². The van der Waals surface area contributed by atoms with Crippen molar-refractivity contribution >= 4 is 35.6 Å². The maximum Gasteiger partial charge on any atom is 0.196 e. The van der Waals surface area contributed by atoms with Gasteiger partial charge >= 0.3 is 0 Å². The van der Waals surface area contributed by atoms with Crippen LogP contribution in [0.2, 0.25) is 0 Å². The summed E-state index contributed by atoms with van der Waals surface area (Å²) < 4.78 is 13.2. The van der Waals surface area contributed by atoms with Crippen molar-refractivity contribution in [2.45, 2.75) is 33.4 Å². The van der Waals surface area contributed by atoms with Crippen LogP contribution in [0.1, 0.15) is 25.2 Å². The third-order valence-corrected chi connectivity index (χ3v) is 4.73. The van der Waals surface area contributed by atoms with Crippen LogP contribution in [0.5, 0.6) is 11.5 Å². The number of imidazole rings is 1. The first kappa shape index (κ1) is 25.5. The fraction of sp³-hybridized carbons (Fsp3) is 0.333. The van der Waals surface area contributed by atoms with E-state index in [0.717, 1.165) is 31.0 Å². The lowest BCUT2D eigenvalue weighted by Crippen LogP contribution is -2.30. The molecule has 0 aliphatic rings. The summed E-state index contributed by atoms with van der Waals surface area (Å²) in [5.41, 5.74) is 2.18. The minimum absolute atomic E-state index is 0. The first-order valence-electron chi connectivity index (χ1n) is 10.6. The fourth-order valence-corrected chi connectivity index (χ4v) is 3.21. The Hall–Kier alpha value is -2.75. The second kappa shape index (κ2) is 13.6. The van der Waals surface area contributed by atoms with E-state index in [1.54, 1.807) is 7.11 Å². The molecule has 2 N–H and O–H groups in total. The van der Waals surface area contributed by atoms with Crippen LogP contribution in [-0.2, 0) is 19.5 Å². The molecule has 0 bridgehead atoms. The van der Waals surface area contributed by atoms with Gasteiger partial charge in [-0.1, -0.05) is 30.3 Å². The number of rotatable bonds is 10. The first-order valence-corrected chi connectivity index (χ1v) is 10.6. The molecule has 8 heteroatoms. The fourth-order valence-electron chi connectivity index (χ4n) is 3.21. The predicted octanol–water partition coefficient (Wildman–Crippen LogP) is 4.73. The third-order valence-electron chi connectivity index (χ3n) is 4.73. The van der Waals surface area contributed by atoms with Crippen LogP contribution in [0.3, 0.4) is 0 Å². The number of halogens is 1. The van der Waals surface area contributed by atoms with Crippen LogP contribution in [0.25, 0.3) is 0 Å². The standard InChI is InChI=1S/C24H31N5O2.HI/c1-4-25-24(28-20-11-12-21(30-3)22(17-20)31-5-2)27-18-23-26-14-16-29(23)15-13-19-9-7-6-8-10-19;/h6-12,14,16-17H,4-5,13,15,18H2,1-3H3,(H2,25,27,28);1H. The minimum Gasteiger partial charge on any atom is -0.493 e. The van der Waals surface area contributed by atoms with Crippen LogP contribution in [0, 0.1) is 0 Å². The average Bonchev–Trinajstić information content (AvgIpc) is 3.25. The van der Waals surface area contributed by atoms with Crippen molar-refractivity contribution in [1.29, 1.82) is 0 Å². The highest BCUT2D eigenvalue weighted by Crippen LogP contribution is 2.30. The Morgan fingerprint density at radius 2 is 1.91 bits per heavy atom. The molecule has 0 aliphatic heterocycles. The topological polar surface area (TPSA) is 72.7 Å². The van der Waals surface area contributed by atoms with E-state index in [-0.39, 0.29) is 24.0 Å². The number of aromatic nitrogens is 2. The molecule has 2 aromatic carbocycles. The Bertz CT molecular complexity index is 976. The van der Waals surface area contributed by atoms with E-state index in [9.17, 15) is 0 Å². The van der Waals surface area contributed by atoms with E-state index < -0.39 is 0 Å². The van der Waals surface area contributed by atoms with Gasteiger partial charge in [-0.2, -0.15) is 0 Å². The van der Waals surface area contributed by atoms with Gasteiger partial charge in [-0.15, -0.1) is 24.0 Å². The molecule has 0 fully saturated rings. The number of methoxy groups -OCH3 is 1. The van der Waals surface area contributed by atoms with E-state index >= 15 is 0 Å². The quantitative estimate of drug-likeness (QED) is 0.218. The number of hydrogen-bond donors (Lipinski definition) is 2. The summed E-state index contributed by atoms with van der Waals surface area (Å²) in [5, 5.41) is 6.62. The van der Waals surface area contributed by atoms with Crippen molar-refractivity contribution < 1.29 is 9.47 Å². The van der Waals surface area contributed by atoms with Gasteiger partial charge in [0.1, 0.15) is 12.4 Å². The Morgan fingerprint density at radius 3 is 2.62 bits per heavy atom. The number of nitrogens with zero attached hydrogens (tertiary/aromatic N) is 3. The van der Waals surface area contributed by atoms with Gasteiger partial charge in [0.15, 0.2) is 17.5 Å². The SMILES string of the molecule is CCNC(=NCc1nccn1CCc1ccccc1)Nc1ccc(OC)c(OCC)c1.I. The number of hydrogen-bond acceptors (Lipinski definition) is 4. The molecule has 1 heterocycles. The van der Waals surface area contributed by atoms with Crippen molar-refractivity contribution in [2.75, 3.05) is 25.6 Å². The molecule has 0 saturated heterocycles. The van der Waals surface area contributed by atoms with Gasteiger partial charge in [-0.25, -0.2) is 9.98 Å². The molecule has 3 aromatic rings. The number of benzene rings is 2. The van der Waals surface area contributed by atoms with Crippen LogP contribution in [0.4, 0.5) is 5.69 Å². The number of aliphatic imine (C=N–C) groups is 1. The largest absolute Gasteiger partial charge is 0.493 e. The normalized spacial score (nSPS) is 10.9. The zero-order valence-electron chi connectivity index (χ0n) is 18.9. The molecular formula is C24H32IN5O2. The zero-order chi connectivity index (χ0) is 21.9. The second-order valence-corrected chi connectivity index (χ2v) is 6.89. The predicted molar refractivity (Wildman–Crippen MR) is 140 cm³/mol. The molecule has 0 amide bonds. The maximum atomic E-state index is 5.67. The number of guanidine groups is 1. The molecule has 0 saturated carbocycles. The highest BCUT2D eigenvalue weighted by atomic mass is 127. The van der Waals surface area contributed by atoms with Crippen LogP contribution < -0.4 is 20.1 Å². The summed E-state index contributed by atoms with van der Waals surface area (Å²) in [4.78, 5) is 9.22. The van der Waals surface area contributed by atoms with E-state index in [2.05, 4.69) is 44.5 Å². The molecule has 0 aliphatic carbocycles. The van der Waals surface area contributed by atoms with Gasteiger partial charge < -0.3 is 24.7 Å². The van der Waals surface area contributed by atoms with Gasteiger partial charge in [0.2, 0.25) is 0 Å². The van der Waals surface area contributed by atoms with Crippen molar-refractivity contribution in [3.8, 4) is 11.5 Å². The first-order chi connectivity index (χ1) is 15.2. The van der Waals surface area contributed by atoms with E-state index in [1.165, 1.54) is 5.56 Å². The Labute approximate surface area is 207 Å². The van der Waals surface area contributed by atoms with Crippen molar-refractivity contribution in [3.05, 3.63) is 72.3 Å². The van der Waals surface area contributed by atoms with Gasteiger partial charge in [0.25, 0.3) is 0 Å². The molecule has 0 spiro atoms.